The van der Waals surface area contributed by atoms with Crippen LogP contribution in [0.5, 0.6) is 0 Å². The summed E-state index contributed by atoms with van der Waals surface area (Å²) in [6.07, 6.45) is 2.89. The first-order valence-corrected chi connectivity index (χ1v) is 7.57. The second-order valence-electron chi connectivity index (χ2n) is 4.80. The average Bonchev–Trinajstić information content (AvgIpc) is 3.18. The quantitative estimate of drug-likeness (QED) is 0.427. The molecule has 3 rings (SSSR count). The third-order valence-electron chi connectivity index (χ3n) is 3.10. The third-order valence-corrected chi connectivity index (χ3v) is 4.20. The summed E-state index contributed by atoms with van der Waals surface area (Å²) in [7, 11) is 0. The van der Waals surface area contributed by atoms with E-state index in [9.17, 15) is 14.3 Å². The van der Waals surface area contributed by atoms with Crippen molar-refractivity contribution in [1.82, 2.24) is 15.2 Å². The van der Waals surface area contributed by atoms with E-state index in [2.05, 4.69) is 15.2 Å². The highest BCUT2D eigenvalue weighted by molar-refractivity contribution is 7.14. The summed E-state index contributed by atoms with van der Waals surface area (Å²) in [6.45, 7) is 0. The highest BCUT2D eigenvalue weighted by Gasteiger charge is 2.11. The van der Waals surface area contributed by atoms with Gasteiger partial charge in [-0.1, -0.05) is 12.1 Å². The first-order valence-electron chi connectivity index (χ1n) is 6.76. The number of carbonyl (C=O) groups is 1. The lowest BCUT2D eigenvalue weighted by atomic mass is 10.1. The Morgan fingerprint density at radius 1 is 1.35 bits per heavy atom. The number of hydrogen-bond acceptors (Lipinski definition) is 5. The average molecular weight is 329 g/mol. The lowest BCUT2D eigenvalue weighted by Gasteiger charge is -1.98. The number of ketones is 1. The summed E-state index contributed by atoms with van der Waals surface area (Å²) in [6, 6.07) is 9.86. The van der Waals surface area contributed by atoms with Crippen LogP contribution in [0.1, 0.15) is 25.9 Å². The number of halogens is 1. The smallest absolute Gasteiger partial charge is 0.199 e. The number of carbonyl (C=O) groups excluding carboxylic acids is 1. The summed E-state index contributed by atoms with van der Waals surface area (Å²) in [4.78, 5) is 17.3. The van der Waals surface area contributed by atoms with Crippen molar-refractivity contribution < 1.29 is 14.3 Å². The van der Waals surface area contributed by atoms with E-state index in [4.69, 9.17) is 0 Å². The van der Waals surface area contributed by atoms with Crippen molar-refractivity contribution in [2.24, 2.45) is 0 Å². The molecule has 2 aromatic heterocycles. The zero-order valence-electron chi connectivity index (χ0n) is 11.9. The lowest BCUT2D eigenvalue weighted by Crippen LogP contribution is -1.94. The molecule has 0 aliphatic carbocycles. The largest absolute Gasteiger partial charge is 0.504 e. The molecule has 0 saturated heterocycles. The van der Waals surface area contributed by atoms with Gasteiger partial charge in [0.05, 0.1) is 4.88 Å². The van der Waals surface area contributed by atoms with Gasteiger partial charge in [-0.2, -0.15) is 5.10 Å². The van der Waals surface area contributed by atoms with Gasteiger partial charge in [0, 0.05) is 17.4 Å². The fourth-order valence-electron chi connectivity index (χ4n) is 2.05. The molecule has 0 aliphatic rings. The molecule has 0 aliphatic heterocycles. The number of nitrogens with zero attached hydrogens (tertiary/aromatic N) is 2. The van der Waals surface area contributed by atoms with Gasteiger partial charge in [0.15, 0.2) is 17.4 Å². The van der Waals surface area contributed by atoms with Crippen molar-refractivity contribution in [3.05, 3.63) is 75.8 Å². The molecule has 7 heteroatoms. The maximum absolute atomic E-state index is 13.2. The van der Waals surface area contributed by atoms with Crippen molar-refractivity contribution in [1.29, 1.82) is 0 Å². The van der Waals surface area contributed by atoms with Crippen molar-refractivity contribution in [3.63, 3.8) is 0 Å². The number of aliphatic hydroxyl groups excluding tert-OH is 1. The summed E-state index contributed by atoms with van der Waals surface area (Å²) in [5, 5.41) is 15.9. The van der Waals surface area contributed by atoms with Crippen molar-refractivity contribution in [2.75, 3.05) is 0 Å². The number of aliphatic hydroxyl groups is 1. The predicted molar refractivity (Wildman–Crippen MR) is 84.8 cm³/mol. The molecule has 0 fully saturated rings. The number of aromatic nitrogens is 3. The molecule has 1 aromatic carbocycles. The molecule has 3 aromatic rings. The number of allylic oxidation sites excluding steroid dienone is 1. The zero-order chi connectivity index (χ0) is 16.2. The first-order chi connectivity index (χ1) is 11.1. The monoisotopic (exact) mass is 329 g/mol. The second-order valence-corrected chi connectivity index (χ2v) is 5.97. The molecule has 0 bridgehead atoms. The van der Waals surface area contributed by atoms with E-state index in [0.29, 0.717) is 11.3 Å². The SMILES string of the molecule is O=C(C=C(O)c1ncn[nH]1)c1ccc(Cc2cccc(F)c2)s1. The fourth-order valence-corrected chi connectivity index (χ4v) is 3.00. The van der Waals surface area contributed by atoms with Gasteiger partial charge in [-0.05, 0) is 29.8 Å². The fraction of sp³-hybridized carbons (Fsp3) is 0.0625. The molecule has 0 unspecified atom stereocenters. The predicted octanol–water partition coefficient (Wildman–Crippen LogP) is 3.38. The Kier molecular flexibility index (Phi) is 4.29. The maximum Gasteiger partial charge on any atom is 0.199 e. The van der Waals surface area contributed by atoms with Crippen LogP contribution in [0.4, 0.5) is 4.39 Å². The number of nitrogens with one attached hydrogen (secondary N) is 1. The van der Waals surface area contributed by atoms with Gasteiger partial charge in [0.25, 0.3) is 0 Å². The molecule has 0 radical (unpaired) electrons. The standard InChI is InChI=1S/C16H12FN3O2S/c17-11-3-1-2-10(6-11)7-12-4-5-15(23-12)13(21)8-14(22)16-18-9-19-20-16/h1-6,8-9,22H,7H2,(H,18,19,20). The molecule has 0 spiro atoms. The maximum atomic E-state index is 13.2. The van der Waals surface area contributed by atoms with Crippen LogP contribution < -0.4 is 0 Å². The molecule has 0 saturated carbocycles. The molecule has 23 heavy (non-hydrogen) atoms. The number of rotatable bonds is 5. The highest BCUT2D eigenvalue weighted by atomic mass is 32.1. The van der Waals surface area contributed by atoms with Crippen molar-refractivity contribution in [2.45, 2.75) is 6.42 Å². The van der Waals surface area contributed by atoms with Crippen LogP contribution >= 0.6 is 11.3 Å². The number of aromatic amines is 1. The van der Waals surface area contributed by atoms with Gasteiger partial charge >= 0.3 is 0 Å². The Morgan fingerprint density at radius 3 is 2.96 bits per heavy atom. The van der Waals surface area contributed by atoms with Crippen LogP contribution in [-0.4, -0.2) is 26.1 Å². The Hall–Kier alpha value is -2.80. The van der Waals surface area contributed by atoms with E-state index >= 15 is 0 Å². The van der Waals surface area contributed by atoms with Crippen LogP contribution in [0.3, 0.4) is 0 Å². The van der Waals surface area contributed by atoms with E-state index in [0.717, 1.165) is 16.5 Å². The van der Waals surface area contributed by atoms with E-state index in [-0.39, 0.29) is 23.2 Å². The Balaban J connectivity index is 1.74. The molecule has 2 N–H and O–H groups in total. The molecule has 0 amide bonds. The number of hydrogen-bond donors (Lipinski definition) is 2. The Morgan fingerprint density at radius 2 is 2.22 bits per heavy atom. The van der Waals surface area contributed by atoms with Gasteiger partial charge in [0.1, 0.15) is 12.1 Å². The summed E-state index contributed by atoms with van der Waals surface area (Å²) < 4.78 is 13.2. The Bertz CT molecular complexity index is 856. The number of benzene rings is 1. The zero-order valence-corrected chi connectivity index (χ0v) is 12.7. The molecule has 116 valence electrons. The third kappa shape index (κ3) is 3.70. The van der Waals surface area contributed by atoms with E-state index in [1.165, 1.54) is 29.8 Å². The highest BCUT2D eigenvalue weighted by Crippen LogP contribution is 2.22. The second kappa shape index (κ2) is 6.53. The summed E-state index contributed by atoms with van der Waals surface area (Å²) in [5.41, 5.74) is 0.839. The van der Waals surface area contributed by atoms with Gasteiger partial charge in [-0.3, -0.25) is 9.89 Å². The normalized spacial score (nSPS) is 11.6. The van der Waals surface area contributed by atoms with Crippen LogP contribution in [0, 0.1) is 5.82 Å². The van der Waals surface area contributed by atoms with Crippen LogP contribution in [-0.2, 0) is 6.42 Å². The molecular formula is C16H12FN3O2S. The van der Waals surface area contributed by atoms with Gasteiger partial charge in [-0.15, -0.1) is 11.3 Å². The van der Waals surface area contributed by atoms with E-state index in [1.54, 1.807) is 12.1 Å². The lowest BCUT2D eigenvalue weighted by molar-refractivity contribution is 0.104. The van der Waals surface area contributed by atoms with Gasteiger partial charge in [-0.25, -0.2) is 9.37 Å². The van der Waals surface area contributed by atoms with Crippen LogP contribution in [0.2, 0.25) is 0 Å². The van der Waals surface area contributed by atoms with Gasteiger partial charge < -0.3 is 5.11 Å². The van der Waals surface area contributed by atoms with Crippen LogP contribution in [0.25, 0.3) is 5.76 Å². The summed E-state index contributed by atoms with van der Waals surface area (Å²) in [5.74, 6) is -0.743. The topological polar surface area (TPSA) is 78.9 Å². The molecule has 5 nitrogen and oxygen atoms in total. The minimum atomic E-state index is -0.325. The Labute approximate surface area is 135 Å². The van der Waals surface area contributed by atoms with E-state index < -0.39 is 0 Å². The number of thiophene rings is 1. The molecule has 0 atom stereocenters. The van der Waals surface area contributed by atoms with Gasteiger partial charge in [0.2, 0.25) is 0 Å². The number of H-pyrrole nitrogens is 1. The molecule has 2 heterocycles. The van der Waals surface area contributed by atoms with E-state index in [1.807, 2.05) is 12.1 Å². The first kappa shape index (κ1) is 15.1. The van der Waals surface area contributed by atoms with Crippen molar-refractivity contribution in [3.8, 4) is 0 Å². The minimum Gasteiger partial charge on any atom is -0.504 e. The summed E-state index contributed by atoms with van der Waals surface area (Å²) >= 11 is 1.31. The van der Waals surface area contributed by atoms with Crippen molar-refractivity contribution >= 4 is 22.9 Å². The van der Waals surface area contributed by atoms with Crippen LogP contribution in [0.15, 0.2) is 48.8 Å². The minimum absolute atomic E-state index is 0.134. The molecular weight excluding hydrogens is 317 g/mol.